The minimum absolute atomic E-state index is 0.438. The Morgan fingerprint density at radius 1 is 1.43 bits per heavy atom. The lowest BCUT2D eigenvalue weighted by Gasteiger charge is -2.10. The number of methoxy groups -OCH3 is 1. The molecule has 1 aromatic rings. The minimum Gasteiger partial charge on any atom is -0.481 e. The Balaban J connectivity index is 2.98. The third kappa shape index (κ3) is 2.45. The lowest BCUT2D eigenvalue weighted by molar-refractivity contribution is 0.389. The summed E-state index contributed by atoms with van der Waals surface area (Å²) in [5, 5.41) is 3.09. The molecule has 0 saturated heterocycles. The van der Waals surface area contributed by atoms with Crippen LogP contribution in [0.3, 0.4) is 0 Å². The van der Waals surface area contributed by atoms with Crippen molar-refractivity contribution in [2.24, 2.45) is 0 Å². The first kappa shape index (κ1) is 11.0. The lowest BCUT2D eigenvalue weighted by Crippen LogP contribution is -2.08. The first-order valence-corrected chi connectivity index (χ1v) is 4.87. The molecule has 0 radical (unpaired) electrons. The maximum absolute atomic E-state index is 5.24. The Kier molecular flexibility index (Phi) is 3.89. The van der Waals surface area contributed by atoms with Crippen LogP contribution in [0.4, 0.5) is 0 Å². The normalized spacial score (nSPS) is 10.6. The molecule has 0 fully saturated rings. The van der Waals surface area contributed by atoms with Crippen molar-refractivity contribution >= 4 is 0 Å². The highest BCUT2D eigenvalue weighted by Gasteiger charge is 2.07. The van der Waals surface area contributed by atoms with E-state index >= 15 is 0 Å². The van der Waals surface area contributed by atoms with Crippen molar-refractivity contribution in [3.8, 4) is 5.88 Å². The SMILES string of the molecule is CNCc1ccc(C(C)C)nc1OC. The highest BCUT2D eigenvalue weighted by atomic mass is 16.5. The van der Waals surface area contributed by atoms with Gasteiger partial charge in [0.1, 0.15) is 0 Å². The summed E-state index contributed by atoms with van der Waals surface area (Å²) in [6.07, 6.45) is 0. The van der Waals surface area contributed by atoms with Gasteiger partial charge in [-0.2, -0.15) is 0 Å². The molecular weight excluding hydrogens is 176 g/mol. The summed E-state index contributed by atoms with van der Waals surface area (Å²) in [6.45, 7) is 5.04. The molecule has 0 aliphatic rings. The van der Waals surface area contributed by atoms with E-state index in [9.17, 15) is 0 Å². The molecule has 0 bridgehead atoms. The fraction of sp³-hybridized carbons (Fsp3) is 0.545. The van der Waals surface area contributed by atoms with Crippen LogP contribution in [-0.4, -0.2) is 19.1 Å². The molecular formula is C11H18N2O. The molecule has 0 aromatic carbocycles. The zero-order valence-electron chi connectivity index (χ0n) is 9.29. The molecule has 3 nitrogen and oxygen atoms in total. The van der Waals surface area contributed by atoms with Gasteiger partial charge in [-0.25, -0.2) is 4.98 Å². The van der Waals surface area contributed by atoms with Crippen LogP contribution in [-0.2, 0) is 6.54 Å². The fourth-order valence-corrected chi connectivity index (χ4v) is 1.31. The van der Waals surface area contributed by atoms with Crippen LogP contribution >= 0.6 is 0 Å². The van der Waals surface area contributed by atoms with Gasteiger partial charge < -0.3 is 10.1 Å². The van der Waals surface area contributed by atoms with E-state index in [-0.39, 0.29) is 0 Å². The van der Waals surface area contributed by atoms with Gasteiger partial charge in [-0.15, -0.1) is 0 Å². The lowest BCUT2D eigenvalue weighted by atomic mass is 10.1. The highest BCUT2D eigenvalue weighted by molar-refractivity contribution is 5.29. The predicted octanol–water partition coefficient (Wildman–Crippen LogP) is 1.93. The summed E-state index contributed by atoms with van der Waals surface area (Å²) >= 11 is 0. The van der Waals surface area contributed by atoms with E-state index in [0.29, 0.717) is 5.92 Å². The van der Waals surface area contributed by atoms with Crippen LogP contribution in [0.1, 0.15) is 31.0 Å². The van der Waals surface area contributed by atoms with E-state index in [1.54, 1.807) is 7.11 Å². The molecule has 0 aliphatic heterocycles. The minimum atomic E-state index is 0.438. The number of nitrogens with one attached hydrogen (secondary N) is 1. The Labute approximate surface area is 85.5 Å². The van der Waals surface area contributed by atoms with Crippen LogP contribution in [0.2, 0.25) is 0 Å². The van der Waals surface area contributed by atoms with E-state index in [4.69, 9.17) is 4.74 Å². The van der Waals surface area contributed by atoms with Gasteiger partial charge in [-0.1, -0.05) is 19.9 Å². The second-order valence-electron chi connectivity index (χ2n) is 3.59. The second-order valence-corrected chi connectivity index (χ2v) is 3.59. The topological polar surface area (TPSA) is 34.2 Å². The Morgan fingerprint density at radius 2 is 2.14 bits per heavy atom. The molecule has 78 valence electrons. The summed E-state index contributed by atoms with van der Waals surface area (Å²) in [4.78, 5) is 4.45. The Morgan fingerprint density at radius 3 is 2.64 bits per heavy atom. The molecule has 0 atom stereocenters. The fourth-order valence-electron chi connectivity index (χ4n) is 1.31. The molecule has 3 heteroatoms. The monoisotopic (exact) mass is 194 g/mol. The Bertz CT molecular complexity index is 297. The maximum atomic E-state index is 5.24. The summed E-state index contributed by atoms with van der Waals surface area (Å²) in [5.74, 6) is 1.16. The van der Waals surface area contributed by atoms with Crippen LogP contribution in [0, 0.1) is 0 Å². The average molecular weight is 194 g/mol. The number of hydrogen-bond acceptors (Lipinski definition) is 3. The zero-order chi connectivity index (χ0) is 10.6. The quantitative estimate of drug-likeness (QED) is 0.795. The van der Waals surface area contributed by atoms with Crippen molar-refractivity contribution in [2.45, 2.75) is 26.3 Å². The van der Waals surface area contributed by atoms with Gasteiger partial charge in [-0.05, 0) is 19.0 Å². The van der Waals surface area contributed by atoms with Crippen molar-refractivity contribution in [2.75, 3.05) is 14.2 Å². The number of ether oxygens (including phenoxy) is 1. The molecule has 0 amide bonds. The molecule has 1 rings (SSSR count). The third-order valence-electron chi connectivity index (χ3n) is 2.11. The van der Waals surface area contributed by atoms with Gasteiger partial charge in [0, 0.05) is 17.8 Å². The predicted molar refractivity (Wildman–Crippen MR) is 57.6 cm³/mol. The summed E-state index contributed by atoms with van der Waals surface area (Å²) in [7, 11) is 3.57. The largest absolute Gasteiger partial charge is 0.481 e. The summed E-state index contributed by atoms with van der Waals surface area (Å²) in [6, 6.07) is 4.12. The van der Waals surface area contributed by atoms with Crippen LogP contribution in [0.25, 0.3) is 0 Å². The van der Waals surface area contributed by atoms with Crippen LogP contribution in [0.15, 0.2) is 12.1 Å². The number of aromatic nitrogens is 1. The molecule has 1 aromatic heterocycles. The Hall–Kier alpha value is -1.09. The van der Waals surface area contributed by atoms with Crippen molar-refractivity contribution in [1.82, 2.24) is 10.3 Å². The average Bonchev–Trinajstić information content (AvgIpc) is 2.18. The molecule has 14 heavy (non-hydrogen) atoms. The first-order chi connectivity index (χ1) is 6.69. The first-order valence-electron chi connectivity index (χ1n) is 4.87. The van der Waals surface area contributed by atoms with Gasteiger partial charge in [0.25, 0.3) is 0 Å². The number of pyridine rings is 1. The van der Waals surface area contributed by atoms with Crippen molar-refractivity contribution < 1.29 is 4.74 Å². The smallest absolute Gasteiger partial charge is 0.217 e. The van der Waals surface area contributed by atoms with Gasteiger partial charge in [0.15, 0.2) is 0 Å². The van der Waals surface area contributed by atoms with Gasteiger partial charge in [0.05, 0.1) is 7.11 Å². The van der Waals surface area contributed by atoms with Crippen molar-refractivity contribution in [3.05, 3.63) is 23.4 Å². The van der Waals surface area contributed by atoms with E-state index in [1.165, 1.54) is 0 Å². The molecule has 0 unspecified atom stereocenters. The summed E-state index contributed by atoms with van der Waals surface area (Å²) in [5.41, 5.74) is 2.17. The molecule has 0 aliphatic carbocycles. The second kappa shape index (κ2) is 4.96. The zero-order valence-corrected chi connectivity index (χ0v) is 9.29. The van der Waals surface area contributed by atoms with Crippen molar-refractivity contribution in [3.63, 3.8) is 0 Å². The van der Waals surface area contributed by atoms with Crippen molar-refractivity contribution in [1.29, 1.82) is 0 Å². The van der Waals surface area contributed by atoms with Gasteiger partial charge in [0.2, 0.25) is 5.88 Å². The van der Waals surface area contributed by atoms with Crippen LogP contribution < -0.4 is 10.1 Å². The summed E-state index contributed by atoms with van der Waals surface area (Å²) < 4.78 is 5.24. The molecule has 1 heterocycles. The third-order valence-corrected chi connectivity index (χ3v) is 2.11. The van der Waals surface area contributed by atoms with Gasteiger partial charge in [-0.3, -0.25) is 0 Å². The van der Waals surface area contributed by atoms with E-state index in [0.717, 1.165) is 23.7 Å². The molecule has 0 spiro atoms. The van der Waals surface area contributed by atoms with E-state index < -0.39 is 0 Å². The molecule has 1 N–H and O–H groups in total. The highest BCUT2D eigenvalue weighted by Crippen LogP contribution is 2.19. The number of hydrogen-bond donors (Lipinski definition) is 1. The van der Waals surface area contributed by atoms with E-state index in [1.807, 2.05) is 7.05 Å². The maximum Gasteiger partial charge on any atom is 0.217 e. The number of rotatable bonds is 4. The standard InChI is InChI=1S/C11H18N2O/c1-8(2)10-6-5-9(7-12-3)11(13-10)14-4/h5-6,8,12H,7H2,1-4H3. The molecule has 0 saturated carbocycles. The number of nitrogens with zero attached hydrogens (tertiary/aromatic N) is 1. The van der Waals surface area contributed by atoms with Gasteiger partial charge >= 0.3 is 0 Å². The van der Waals surface area contributed by atoms with Crippen LogP contribution in [0.5, 0.6) is 5.88 Å². The van der Waals surface area contributed by atoms with E-state index in [2.05, 4.69) is 36.3 Å².